The van der Waals surface area contributed by atoms with Crippen molar-refractivity contribution in [2.24, 2.45) is 0 Å². The van der Waals surface area contributed by atoms with Gasteiger partial charge in [0.25, 0.3) is 8.25 Å². The van der Waals surface area contributed by atoms with Crippen LogP contribution in [0.2, 0.25) is 0 Å². The molecule has 0 aliphatic rings. The molecule has 0 fully saturated rings. The van der Waals surface area contributed by atoms with Gasteiger partial charge in [0.15, 0.2) is 0 Å². The maximum absolute atomic E-state index is 8.48. The zero-order chi connectivity index (χ0) is 9.40. The minimum Gasteiger partial charge on any atom is -0.598 e. The van der Waals surface area contributed by atoms with Crippen molar-refractivity contribution in [3.05, 3.63) is 35.9 Å². The third kappa shape index (κ3) is 15.7. The molecule has 3 nitrogen and oxygen atoms in total. The van der Waals surface area contributed by atoms with Crippen LogP contribution < -0.4 is 68.9 Å². The van der Waals surface area contributed by atoms with Gasteiger partial charge < -0.3 is 9.79 Å². The Kier molecular flexibility index (Phi) is 21.0. The zero-order valence-corrected chi connectivity index (χ0v) is 13.7. The Labute approximate surface area is 129 Å². The molecule has 6 heteroatoms. The van der Waals surface area contributed by atoms with Crippen LogP contribution in [0.25, 0.3) is 0 Å². The first-order valence-corrected chi connectivity index (χ1v) is 4.61. The zero-order valence-electron chi connectivity index (χ0n) is 8.77. The fraction of sp³-hybridized carbons (Fsp3) is 0.250. The molecule has 0 saturated carbocycles. The molecule has 0 aliphatic heterocycles. The molecule has 0 unspecified atom stereocenters. The van der Waals surface area contributed by atoms with Gasteiger partial charge >= 0.3 is 59.1 Å². The number of hydrogen-bond acceptors (Lipinski definition) is 3. The third-order valence-electron chi connectivity index (χ3n) is 1.25. The molecule has 0 radical (unpaired) electrons. The van der Waals surface area contributed by atoms with Crippen LogP contribution in [0.1, 0.15) is 12.5 Å². The van der Waals surface area contributed by atoms with E-state index in [0.29, 0.717) is 0 Å². The molecule has 0 amide bonds. The van der Waals surface area contributed by atoms with Gasteiger partial charge in [0.2, 0.25) is 0 Å². The van der Waals surface area contributed by atoms with Gasteiger partial charge in [0.05, 0.1) is 0 Å². The summed E-state index contributed by atoms with van der Waals surface area (Å²) in [5.41, 5.74) is 1.41. The summed E-state index contributed by atoms with van der Waals surface area (Å²) in [5, 5.41) is 0. The summed E-state index contributed by atoms with van der Waals surface area (Å²) in [6.45, 7) is 2.16. The van der Waals surface area contributed by atoms with Crippen molar-refractivity contribution < 1.29 is 73.5 Å². The smallest absolute Gasteiger partial charge is 0.598 e. The average Bonchev–Trinajstić information content (AvgIpc) is 2.05. The Morgan fingerprint density at radius 1 is 1.14 bits per heavy atom. The topological polar surface area (TPSA) is 63.2 Å². The molecule has 0 atom stereocenters. The van der Waals surface area contributed by atoms with E-state index < -0.39 is 8.25 Å². The maximum Gasteiger partial charge on any atom is 1.00 e. The Bertz CT molecular complexity index is 227. The number of rotatable bonds is 1. The van der Waals surface area contributed by atoms with Gasteiger partial charge in [0, 0.05) is 0 Å². The van der Waals surface area contributed by atoms with Gasteiger partial charge in [-0.1, -0.05) is 41.8 Å². The first kappa shape index (κ1) is 20.6. The van der Waals surface area contributed by atoms with E-state index in [4.69, 9.17) is 14.4 Å². The van der Waals surface area contributed by atoms with E-state index in [1.165, 1.54) is 5.56 Å². The third-order valence-corrected chi connectivity index (χ3v) is 1.25. The largest absolute Gasteiger partial charge is 1.00 e. The summed E-state index contributed by atoms with van der Waals surface area (Å²) in [7, 11) is -3.37. The van der Waals surface area contributed by atoms with Crippen LogP contribution in [0, 0.1) is 0 Å². The molecule has 0 aromatic heterocycles. The first-order valence-electron chi connectivity index (χ1n) is 3.52. The Balaban J connectivity index is -0.000000180. The molecule has 0 heterocycles. The van der Waals surface area contributed by atoms with Crippen molar-refractivity contribution >= 4 is 8.25 Å². The van der Waals surface area contributed by atoms with Crippen molar-refractivity contribution in [1.29, 1.82) is 0 Å². The second kappa shape index (κ2) is 14.2. The molecular formula is C8H10Na2O3P+. The molecule has 0 N–H and O–H groups in total. The molecule has 0 saturated heterocycles. The van der Waals surface area contributed by atoms with Gasteiger partial charge in [-0.25, -0.2) is 0 Å². The van der Waals surface area contributed by atoms with E-state index in [-0.39, 0.29) is 59.1 Å². The molecular weight excluding hydrogens is 221 g/mol. The minimum atomic E-state index is -3.37. The summed E-state index contributed by atoms with van der Waals surface area (Å²) in [6.07, 6.45) is 1.14. The second-order valence-corrected chi connectivity index (χ2v) is 2.51. The number of hydrogen-bond donors (Lipinski definition) is 0. The van der Waals surface area contributed by atoms with Gasteiger partial charge in [-0.05, 0) is 12.0 Å². The number of aryl methyl sites for hydroxylation is 1. The summed E-state index contributed by atoms with van der Waals surface area (Å²) < 4.78 is 8.48. The predicted octanol–water partition coefficient (Wildman–Crippen LogP) is -5.38. The van der Waals surface area contributed by atoms with E-state index in [2.05, 4.69) is 31.2 Å². The van der Waals surface area contributed by atoms with Crippen molar-refractivity contribution in [3.63, 3.8) is 0 Å². The minimum absolute atomic E-state index is 0. The standard InChI is InChI=1S/C8H10.2Na.HO3P/c1-2-8-6-4-3-5-7-8;;;1-4(2)3/h3-7H,2H2,1H3;;;(H,1,2,3)/q;2*+1;/p-1. The average molecular weight is 231 g/mol. The van der Waals surface area contributed by atoms with Crippen LogP contribution in [0.3, 0.4) is 0 Å². The maximum atomic E-state index is 8.48. The molecule has 1 aromatic rings. The van der Waals surface area contributed by atoms with Gasteiger partial charge in [0.1, 0.15) is 0 Å². The number of benzene rings is 1. The Hall–Kier alpha value is 1.24. The molecule has 1 rings (SSSR count). The quantitative estimate of drug-likeness (QED) is 0.358. The molecule has 0 aliphatic carbocycles. The van der Waals surface area contributed by atoms with Crippen LogP contribution in [-0.2, 0) is 11.0 Å². The molecule has 1 aromatic carbocycles. The first-order chi connectivity index (χ1) is 5.66. The fourth-order valence-electron chi connectivity index (χ4n) is 0.714. The summed E-state index contributed by atoms with van der Waals surface area (Å²) in [6, 6.07) is 10.5. The molecule has 0 spiro atoms. The van der Waals surface area contributed by atoms with Gasteiger partial charge in [-0.15, -0.1) is 0 Å². The van der Waals surface area contributed by atoms with E-state index in [9.17, 15) is 0 Å². The molecule has 66 valence electrons. The van der Waals surface area contributed by atoms with E-state index in [1.807, 2.05) is 6.07 Å². The summed E-state index contributed by atoms with van der Waals surface area (Å²) in [4.78, 5) is 17.0. The Morgan fingerprint density at radius 2 is 1.50 bits per heavy atom. The van der Waals surface area contributed by atoms with Crippen molar-refractivity contribution in [3.8, 4) is 0 Å². The summed E-state index contributed by atoms with van der Waals surface area (Å²) in [5.74, 6) is 0. The summed E-state index contributed by atoms with van der Waals surface area (Å²) >= 11 is 0. The predicted molar refractivity (Wildman–Crippen MR) is 43.4 cm³/mol. The van der Waals surface area contributed by atoms with Gasteiger partial charge in [-0.2, -0.15) is 0 Å². The fourth-order valence-corrected chi connectivity index (χ4v) is 0.714. The molecule has 14 heavy (non-hydrogen) atoms. The van der Waals surface area contributed by atoms with E-state index in [1.54, 1.807) is 0 Å². The molecule has 0 bridgehead atoms. The van der Waals surface area contributed by atoms with E-state index in [0.717, 1.165) is 6.42 Å². The SMILES string of the molecule is CCc1ccccc1.O=[P+]([O-])[O-].[Na+].[Na+]. The van der Waals surface area contributed by atoms with Crippen molar-refractivity contribution in [1.82, 2.24) is 0 Å². The van der Waals surface area contributed by atoms with Crippen LogP contribution in [0.5, 0.6) is 0 Å². The monoisotopic (exact) mass is 231 g/mol. The van der Waals surface area contributed by atoms with Crippen LogP contribution in [0.15, 0.2) is 30.3 Å². The van der Waals surface area contributed by atoms with Crippen molar-refractivity contribution in [2.75, 3.05) is 0 Å². The van der Waals surface area contributed by atoms with Crippen LogP contribution in [-0.4, -0.2) is 0 Å². The van der Waals surface area contributed by atoms with Crippen LogP contribution in [0.4, 0.5) is 0 Å². The van der Waals surface area contributed by atoms with Crippen LogP contribution >= 0.6 is 8.25 Å². The normalized spacial score (nSPS) is 7.07. The van der Waals surface area contributed by atoms with Gasteiger partial charge in [-0.3, -0.25) is 0 Å². The Morgan fingerprint density at radius 3 is 1.71 bits per heavy atom. The van der Waals surface area contributed by atoms with E-state index >= 15 is 0 Å². The van der Waals surface area contributed by atoms with Crippen molar-refractivity contribution in [2.45, 2.75) is 13.3 Å². The second-order valence-electron chi connectivity index (χ2n) is 2.06.